The lowest BCUT2D eigenvalue weighted by Crippen LogP contribution is -2.43. The van der Waals surface area contributed by atoms with Gasteiger partial charge in [-0.2, -0.15) is 5.10 Å². The first-order valence-corrected chi connectivity index (χ1v) is 13.5. The lowest BCUT2D eigenvalue weighted by atomic mass is 9.93. The number of morpholine rings is 1. The number of nitrogens with one attached hydrogen (secondary N) is 1. The van der Waals surface area contributed by atoms with Crippen LogP contribution in [0.4, 0.5) is 10.6 Å². The molecular weight excluding hydrogens is 488 g/mol. The second kappa shape index (κ2) is 10.8. The second-order valence-corrected chi connectivity index (χ2v) is 10.3. The number of methoxy groups -OCH3 is 1. The summed E-state index contributed by atoms with van der Waals surface area (Å²) in [7, 11) is 1.79. The van der Waals surface area contributed by atoms with Crippen LogP contribution in [0.1, 0.15) is 44.6 Å². The van der Waals surface area contributed by atoms with Crippen molar-refractivity contribution in [3.63, 3.8) is 0 Å². The summed E-state index contributed by atoms with van der Waals surface area (Å²) in [6.07, 6.45) is 8.24. The Kier molecular flexibility index (Phi) is 7.14. The number of carbonyl (C=O) groups excluding carboxylic acids is 1. The van der Waals surface area contributed by atoms with E-state index in [1.807, 2.05) is 18.3 Å². The fourth-order valence-corrected chi connectivity index (χ4v) is 5.83. The highest BCUT2D eigenvalue weighted by Crippen LogP contribution is 2.36. The van der Waals surface area contributed by atoms with Crippen LogP contribution >= 0.6 is 0 Å². The van der Waals surface area contributed by atoms with Gasteiger partial charge in [0.2, 0.25) is 0 Å². The molecule has 38 heavy (non-hydrogen) atoms. The number of anilines is 1. The normalized spacial score (nSPS) is 25.1. The number of aliphatic hydroxyl groups excluding tert-OH is 1. The topological polar surface area (TPSA) is 124 Å². The lowest BCUT2D eigenvalue weighted by molar-refractivity contribution is 0.0303. The summed E-state index contributed by atoms with van der Waals surface area (Å²) in [6.45, 7) is 1.60. The van der Waals surface area contributed by atoms with Crippen LogP contribution in [0, 0.1) is 0 Å². The average Bonchev–Trinajstić information content (AvgIpc) is 3.53. The molecule has 0 spiro atoms. The van der Waals surface area contributed by atoms with Gasteiger partial charge in [0.15, 0.2) is 11.5 Å². The summed E-state index contributed by atoms with van der Waals surface area (Å²) < 4.78 is 19.0. The number of hydrogen-bond donors (Lipinski definition) is 2. The van der Waals surface area contributed by atoms with Crippen molar-refractivity contribution < 1.29 is 24.1 Å². The van der Waals surface area contributed by atoms with Gasteiger partial charge in [-0.3, -0.25) is 0 Å². The maximum Gasteiger partial charge on any atom is 0.412 e. The fourth-order valence-electron chi connectivity index (χ4n) is 5.83. The number of rotatable bonds is 7. The van der Waals surface area contributed by atoms with Crippen LogP contribution in [0.15, 0.2) is 30.5 Å². The number of nitrogens with zero attached hydrogens (tertiary/aromatic N) is 5. The molecule has 11 nitrogen and oxygen atoms in total. The van der Waals surface area contributed by atoms with Crippen LogP contribution in [0.25, 0.3) is 22.4 Å². The van der Waals surface area contributed by atoms with Gasteiger partial charge in [-0.05, 0) is 62.8 Å². The molecule has 1 saturated carbocycles. The Morgan fingerprint density at radius 2 is 1.82 bits per heavy atom. The van der Waals surface area contributed by atoms with Crippen molar-refractivity contribution in [2.24, 2.45) is 0 Å². The minimum absolute atomic E-state index is 0.137. The van der Waals surface area contributed by atoms with E-state index in [1.54, 1.807) is 19.2 Å². The standard InChI is InChI=1S/C27H34N6O5/c1-36-19-8-4-18(5-9-19)33-26-23(14-29-33)25(32-15-21-10-11-22(16-32)37-21)30-24(31-26)17-2-6-20(7-3-17)38-27(35)28-12-13-34/h2-3,6-7,14,18-19,21-22,34H,4-5,8-13,15-16H2,1H3,(H,28,35). The molecule has 0 radical (unpaired) electrons. The first-order chi connectivity index (χ1) is 18.6. The van der Waals surface area contributed by atoms with Crippen molar-refractivity contribution in [2.45, 2.75) is 62.9 Å². The largest absolute Gasteiger partial charge is 0.412 e. The van der Waals surface area contributed by atoms with E-state index in [1.165, 1.54) is 0 Å². The zero-order valence-corrected chi connectivity index (χ0v) is 21.6. The van der Waals surface area contributed by atoms with Gasteiger partial charge in [-0.1, -0.05) is 0 Å². The molecule has 202 valence electrons. The summed E-state index contributed by atoms with van der Waals surface area (Å²) in [5, 5.41) is 17.1. The maximum absolute atomic E-state index is 11.8. The summed E-state index contributed by atoms with van der Waals surface area (Å²) >= 11 is 0. The SMILES string of the molecule is COC1CCC(n2ncc3c(N4CC5CCC(C4)O5)nc(-c4ccc(OC(=O)NCCO)cc4)nc32)CC1. The van der Waals surface area contributed by atoms with Crippen molar-refractivity contribution in [1.29, 1.82) is 0 Å². The second-order valence-electron chi connectivity index (χ2n) is 10.3. The minimum atomic E-state index is -0.610. The molecule has 1 aromatic carbocycles. The van der Waals surface area contributed by atoms with Crippen molar-refractivity contribution in [2.75, 3.05) is 38.3 Å². The van der Waals surface area contributed by atoms with E-state index in [0.29, 0.717) is 17.7 Å². The Balaban J connectivity index is 1.34. The van der Waals surface area contributed by atoms with Crippen LogP contribution in [0.2, 0.25) is 0 Å². The molecule has 3 aromatic rings. The molecule has 1 amide bonds. The number of carbonyl (C=O) groups is 1. The Hall–Kier alpha value is -3.28. The highest BCUT2D eigenvalue weighted by Gasteiger charge is 2.36. The van der Waals surface area contributed by atoms with Crippen LogP contribution in [-0.2, 0) is 9.47 Å². The number of amides is 1. The number of aliphatic hydroxyl groups is 1. The molecule has 2 N–H and O–H groups in total. The van der Waals surface area contributed by atoms with Gasteiger partial charge in [0.1, 0.15) is 11.6 Å². The fraction of sp³-hybridized carbons (Fsp3) is 0.556. The van der Waals surface area contributed by atoms with Gasteiger partial charge in [0.05, 0.1) is 42.5 Å². The van der Waals surface area contributed by atoms with E-state index in [-0.39, 0.29) is 31.4 Å². The van der Waals surface area contributed by atoms with Crippen LogP contribution in [-0.4, -0.2) is 82.6 Å². The third-order valence-corrected chi connectivity index (χ3v) is 7.80. The molecule has 2 aliphatic heterocycles. The molecule has 11 heteroatoms. The highest BCUT2D eigenvalue weighted by atomic mass is 16.6. The van der Waals surface area contributed by atoms with Gasteiger partial charge in [0, 0.05) is 32.3 Å². The molecule has 2 aromatic heterocycles. The number of fused-ring (bicyclic) bond motifs is 3. The summed E-state index contributed by atoms with van der Waals surface area (Å²) in [6, 6.07) is 7.42. The quantitative estimate of drug-likeness (QED) is 0.482. The third-order valence-electron chi connectivity index (χ3n) is 7.80. The first-order valence-electron chi connectivity index (χ1n) is 13.5. The molecule has 2 bridgehead atoms. The highest BCUT2D eigenvalue weighted by molar-refractivity contribution is 5.89. The summed E-state index contributed by atoms with van der Waals surface area (Å²) in [4.78, 5) is 24.2. The van der Waals surface area contributed by atoms with Crippen molar-refractivity contribution in [3.05, 3.63) is 30.5 Å². The summed E-state index contributed by atoms with van der Waals surface area (Å²) in [5.41, 5.74) is 1.66. The first kappa shape index (κ1) is 25.0. The predicted octanol–water partition coefficient (Wildman–Crippen LogP) is 3.07. The molecule has 1 aliphatic carbocycles. The van der Waals surface area contributed by atoms with Crippen LogP contribution in [0.3, 0.4) is 0 Å². The Morgan fingerprint density at radius 3 is 2.50 bits per heavy atom. The molecular formula is C27H34N6O5. The van der Waals surface area contributed by atoms with E-state index in [9.17, 15) is 4.79 Å². The van der Waals surface area contributed by atoms with Gasteiger partial charge < -0.3 is 29.5 Å². The number of aromatic nitrogens is 4. The molecule has 2 atom stereocenters. The molecule has 2 unspecified atom stereocenters. The number of ether oxygens (including phenoxy) is 3. The van der Waals surface area contributed by atoms with Gasteiger partial charge in [-0.25, -0.2) is 19.4 Å². The predicted molar refractivity (Wildman–Crippen MR) is 140 cm³/mol. The van der Waals surface area contributed by atoms with Gasteiger partial charge in [0.25, 0.3) is 0 Å². The Morgan fingerprint density at radius 1 is 1.08 bits per heavy atom. The number of hydrogen-bond acceptors (Lipinski definition) is 9. The lowest BCUT2D eigenvalue weighted by Gasteiger charge is -2.33. The van der Waals surface area contributed by atoms with E-state index in [2.05, 4.69) is 14.9 Å². The Bertz CT molecular complexity index is 1260. The monoisotopic (exact) mass is 522 g/mol. The van der Waals surface area contributed by atoms with E-state index in [4.69, 9.17) is 34.4 Å². The van der Waals surface area contributed by atoms with Gasteiger partial charge >= 0.3 is 6.09 Å². The Labute approximate surface area is 221 Å². The molecule has 2 saturated heterocycles. The van der Waals surface area contributed by atoms with Crippen LogP contribution < -0.4 is 15.0 Å². The molecule has 6 rings (SSSR count). The smallest absolute Gasteiger partial charge is 0.410 e. The third kappa shape index (κ3) is 5.05. The van der Waals surface area contributed by atoms with Crippen molar-refractivity contribution >= 4 is 22.9 Å². The molecule has 3 fully saturated rings. The zero-order chi connectivity index (χ0) is 26.1. The van der Waals surface area contributed by atoms with Gasteiger partial charge in [-0.15, -0.1) is 0 Å². The molecule has 4 heterocycles. The zero-order valence-electron chi connectivity index (χ0n) is 21.6. The van der Waals surface area contributed by atoms with E-state index < -0.39 is 6.09 Å². The molecule has 3 aliphatic rings. The minimum Gasteiger partial charge on any atom is -0.410 e. The average molecular weight is 523 g/mol. The van der Waals surface area contributed by atoms with E-state index >= 15 is 0 Å². The van der Waals surface area contributed by atoms with Crippen molar-refractivity contribution in [1.82, 2.24) is 25.1 Å². The maximum atomic E-state index is 11.8. The number of benzene rings is 1. The van der Waals surface area contributed by atoms with E-state index in [0.717, 1.165) is 74.0 Å². The van der Waals surface area contributed by atoms with Crippen molar-refractivity contribution in [3.8, 4) is 17.1 Å². The summed E-state index contributed by atoms with van der Waals surface area (Å²) in [5.74, 6) is 1.90. The van der Waals surface area contributed by atoms with Crippen LogP contribution in [0.5, 0.6) is 5.75 Å².